The number of esters is 1. The van der Waals surface area contributed by atoms with Gasteiger partial charge in [0.05, 0.1) is 11.4 Å². The number of carbonyl (C=O) groups excluding carboxylic acids is 2. The quantitative estimate of drug-likeness (QED) is 0.781. The summed E-state index contributed by atoms with van der Waals surface area (Å²) < 4.78 is 6.50. The summed E-state index contributed by atoms with van der Waals surface area (Å²) in [4.78, 5) is 25.8. The average Bonchev–Trinajstić information content (AvgIpc) is 3.23. The number of nitrogens with two attached hydrogens (primary N) is 1. The molecule has 1 fully saturated rings. The summed E-state index contributed by atoms with van der Waals surface area (Å²) in [7, 11) is 1.64. The van der Waals surface area contributed by atoms with Crippen molar-refractivity contribution >= 4 is 17.6 Å². The second-order valence-electron chi connectivity index (χ2n) is 5.17. The van der Waals surface area contributed by atoms with Gasteiger partial charge >= 0.3 is 5.97 Å². The van der Waals surface area contributed by atoms with Gasteiger partial charge in [0.1, 0.15) is 0 Å². The fourth-order valence-corrected chi connectivity index (χ4v) is 2.40. The Kier molecular flexibility index (Phi) is 4.50. The van der Waals surface area contributed by atoms with Crippen molar-refractivity contribution in [2.75, 3.05) is 18.9 Å². The smallest absolute Gasteiger partial charge is 0.359 e. The second-order valence-corrected chi connectivity index (χ2v) is 5.17. The van der Waals surface area contributed by atoms with Gasteiger partial charge in [-0.1, -0.05) is 6.92 Å². The van der Waals surface area contributed by atoms with E-state index in [2.05, 4.69) is 5.10 Å². The van der Waals surface area contributed by atoms with Crippen molar-refractivity contribution < 1.29 is 14.3 Å². The van der Waals surface area contributed by atoms with E-state index in [1.807, 2.05) is 13.8 Å². The van der Waals surface area contributed by atoms with Crippen LogP contribution in [0.3, 0.4) is 0 Å². The minimum absolute atomic E-state index is 0.162. The highest BCUT2D eigenvalue weighted by Gasteiger charge is 2.32. The number of likely N-dealkylation sites (N-methyl/N-ethyl adjacent to an activating group) is 1. The number of anilines is 1. The monoisotopic (exact) mass is 294 g/mol. The Morgan fingerprint density at radius 3 is 2.57 bits per heavy atom. The first kappa shape index (κ1) is 15.3. The number of carbonyl (C=O) groups is 2. The molecular weight excluding hydrogens is 272 g/mol. The van der Waals surface area contributed by atoms with Gasteiger partial charge in [0.25, 0.3) is 5.91 Å². The van der Waals surface area contributed by atoms with Gasteiger partial charge in [-0.2, -0.15) is 5.10 Å². The zero-order valence-corrected chi connectivity index (χ0v) is 12.8. The molecule has 2 rings (SSSR count). The van der Waals surface area contributed by atoms with Gasteiger partial charge in [0.15, 0.2) is 12.3 Å². The molecule has 1 aromatic heterocycles. The van der Waals surface area contributed by atoms with Gasteiger partial charge in [-0.05, 0) is 26.2 Å². The Labute approximate surface area is 124 Å². The van der Waals surface area contributed by atoms with Crippen LogP contribution in [0.2, 0.25) is 0 Å². The van der Waals surface area contributed by atoms with Crippen molar-refractivity contribution in [1.29, 1.82) is 0 Å². The fourth-order valence-electron chi connectivity index (χ4n) is 2.40. The maximum Gasteiger partial charge on any atom is 0.359 e. The Hall–Kier alpha value is -2.05. The average molecular weight is 294 g/mol. The Morgan fingerprint density at radius 1 is 1.43 bits per heavy atom. The number of ether oxygens (including phenoxy) is 1. The molecule has 0 bridgehead atoms. The first-order valence-electron chi connectivity index (χ1n) is 7.27. The summed E-state index contributed by atoms with van der Waals surface area (Å²) in [6.07, 6.45) is 2.70. The molecular formula is C14H22N4O3. The summed E-state index contributed by atoms with van der Waals surface area (Å²) in [5.74, 6) is -0.771. The van der Waals surface area contributed by atoms with E-state index in [4.69, 9.17) is 10.5 Å². The highest BCUT2D eigenvalue weighted by Crippen LogP contribution is 2.26. The first-order chi connectivity index (χ1) is 9.99. The van der Waals surface area contributed by atoms with E-state index in [1.54, 1.807) is 11.9 Å². The third-order valence-electron chi connectivity index (χ3n) is 3.66. The zero-order valence-electron chi connectivity index (χ0n) is 12.8. The standard InChI is InChI=1S/C14H22N4O3/c1-4-10-12(15)13(17(3)16-10)14(20)21-8-11(19)18(5-2)9-6-7-9/h9H,4-8,15H2,1-3H3. The number of nitrogens with zero attached hydrogens (tertiary/aromatic N) is 3. The molecule has 1 saturated carbocycles. The van der Waals surface area contributed by atoms with Crippen molar-refractivity contribution in [3.63, 3.8) is 0 Å². The number of hydrogen-bond acceptors (Lipinski definition) is 5. The van der Waals surface area contributed by atoms with Crippen molar-refractivity contribution in [3.05, 3.63) is 11.4 Å². The summed E-state index contributed by atoms with van der Waals surface area (Å²) in [5.41, 5.74) is 7.07. The van der Waals surface area contributed by atoms with Crippen LogP contribution in [0.1, 0.15) is 42.9 Å². The van der Waals surface area contributed by atoms with Gasteiger partial charge in [-0.25, -0.2) is 4.79 Å². The Bertz CT molecular complexity index is 549. The number of nitrogen functional groups attached to an aromatic ring is 1. The first-order valence-corrected chi connectivity index (χ1v) is 7.27. The maximum absolute atomic E-state index is 12.1. The third-order valence-corrected chi connectivity index (χ3v) is 3.66. The minimum atomic E-state index is -0.609. The summed E-state index contributed by atoms with van der Waals surface area (Å²) in [6.45, 7) is 4.21. The normalized spacial score (nSPS) is 14.0. The van der Waals surface area contributed by atoms with Gasteiger partial charge in [-0.3, -0.25) is 9.48 Å². The molecule has 0 spiro atoms. The van der Waals surface area contributed by atoms with E-state index >= 15 is 0 Å². The number of hydrogen-bond donors (Lipinski definition) is 1. The van der Waals surface area contributed by atoms with Gasteiger partial charge in [0.2, 0.25) is 0 Å². The summed E-state index contributed by atoms with van der Waals surface area (Å²) in [5, 5.41) is 4.16. The lowest BCUT2D eigenvalue weighted by Gasteiger charge is -2.19. The predicted molar refractivity (Wildman–Crippen MR) is 77.7 cm³/mol. The largest absolute Gasteiger partial charge is 0.451 e. The van der Waals surface area contributed by atoms with Crippen LogP contribution < -0.4 is 5.73 Å². The number of amides is 1. The molecule has 2 N–H and O–H groups in total. The van der Waals surface area contributed by atoms with Crippen LogP contribution >= 0.6 is 0 Å². The molecule has 7 nitrogen and oxygen atoms in total. The van der Waals surface area contributed by atoms with Crippen LogP contribution in [0.4, 0.5) is 5.69 Å². The molecule has 116 valence electrons. The molecule has 0 radical (unpaired) electrons. The van der Waals surface area contributed by atoms with Gasteiger partial charge < -0.3 is 15.4 Å². The zero-order chi connectivity index (χ0) is 15.6. The van der Waals surface area contributed by atoms with E-state index in [-0.39, 0.29) is 18.2 Å². The predicted octanol–water partition coefficient (Wildman–Crippen LogP) is 0.732. The topological polar surface area (TPSA) is 90.5 Å². The van der Waals surface area contributed by atoms with Crippen LogP contribution in [-0.2, 0) is 23.0 Å². The molecule has 21 heavy (non-hydrogen) atoms. The molecule has 1 heterocycles. The maximum atomic E-state index is 12.1. The highest BCUT2D eigenvalue weighted by atomic mass is 16.5. The summed E-state index contributed by atoms with van der Waals surface area (Å²) >= 11 is 0. The Balaban J connectivity index is 1.98. The lowest BCUT2D eigenvalue weighted by molar-refractivity contribution is -0.134. The van der Waals surface area contributed by atoms with Crippen molar-refractivity contribution in [3.8, 4) is 0 Å². The molecule has 0 unspecified atom stereocenters. The molecule has 0 aromatic carbocycles. The number of aryl methyl sites for hydroxylation is 2. The van der Waals surface area contributed by atoms with Crippen molar-refractivity contribution in [2.24, 2.45) is 7.05 Å². The second kappa shape index (κ2) is 6.15. The van der Waals surface area contributed by atoms with E-state index in [1.165, 1.54) is 4.68 Å². The highest BCUT2D eigenvalue weighted by molar-refractivity contribution is 5.95. The molecule has 0 saturated heterocycles. The lowest BCUT2D eigenvalue weighted by atomic mass is 10.2. The fraction of sp³-hybridized carbons (Fsp3) is 0.643. The number of aromatic nitrogens is 2. The van der Waals surface area contributed by atoms with Crippen LogP contribution in [0.5, 0.6) is 0 Å². The van der Waals surface area contributed by atoms with E-state index < -0.39 is 5.97 Å². The van der Waals surface area contributed by atoms with Crippen LogP contribution in [0.15, 0.2) is 0 Å². The van der Waals surface area contributed by atoms with E-state index in [9.17, 15) is 9.59 Å². The van der Waals surface area contributed by atoms with Crippen molar-refractivity contribution in [2.45, 2.75) is 39.2 Å². The van der Waals surface area contributed by atoms with E-state index in [0.29, 0.717) is 30.4 Å². The third kappa shape index (κ3) is 3.17. The van der Waals surface area contributed by atoms with Gasteiger partial charge in [-0.15, -0.1) is 0 Å². The van der Waals surface area contributed by atoms with E-state index in [0.717, 1.165) is 12.8 Å². The van der Waals surface area contributed by atoms with Crippen molar-refractivity contribution in [1.82, 2.24) is 14.7 Å². The molecule has 0 atom stereocenters. The SMILES string of the molecule is CCc1nn(C)c(C(=O)OCC(=O)N(CC)C2CC2)c1N. The Morgan fingerprint density at radius 2 is 2.10 bits per heavy atom. The molecule has 1 aliphatic carbocycles. The molecule has 7 heteroatoms. The van der Waals surface area contributed by atoms with Crippen LogP contribution in [0.25, 0.3) is 0 Å². The number of rotatable bonds is 6. The molecule has 1 aromatic rings. The minimum Gasteiger partial charge on any atom is -0.451 e. The van der Waals surface area contributed by atoms with Crippen LogP contribution in [0, 0.1) is 0 Å². The molecule has 1 amide bonds. The summed E-state index contributed by atoms with van der Waals surface area (Å²) in [6, 6.07) is 0.315. The molecule has 1 aliphatic rings. The lowest BCUT2D eigenvalue weighted by Crippen LogP contribution is -2.36. The van der Waals surface area contributed by atoms with Gasteiger partial charge in [0, 0.05) is 19.6 Å². The molecule has 0 aliphatic heterocycles. The van der Waals surface area contributed by atoms with Crippen LogP contribution in [-0.4, -0.2) is 45.8 Å².